The highest BCUT2D eigenvalue weighted by atomic mass is 16.2. The Bertz CT molecular complexity index is 911. The van der Waals surface area contributed by atoms with Crippen molar-refractivity contribution in [3.05, 3.63) is 35.5 Å². The quantitative estimate of drug-likeness (QED) is 0.712. The van der Waals surface area contributed by atoms with Gasteiger partial charge in [-0.1, -0.05) is 38.0 Å². The molecular formula is C24H34N4O2. The van der Waals surface area contributed by atoms with E-state index in [4.69, 9.17) is 0 Å². The molecule has 1 aromatic carbocycles. The molecule has 1 aromatic heterocycles. The number of hydrogen-bond acceptors (Lipinski definition) is 4. The van der Waals surface area contributed by atoms with Crippen molar-refractivity contribution in [2.24, 2.45) is 5.92 Å². The average Bonchev–Trinajstić information content (AvgIpc) is 3.06. The summed E-state index contributed by atoms with van der Waals surface area (Å²) in [6, 6.07) is 7.97. The van der Waals surface area contributed by atoms with Gasteiger partial charge in [0.1, 0.15) is 0 Å². The van der Waals surface area contributed by atoms with E-state index in [0.717, 1.165) is 87.0 Å². The lowest BCUT2D eigenvalue weighted by Crippen LogP contribution is -2.47. The third-order valence-electron chi connectivity index (χ3n) is 6.64. The minimum Gasteiger partial charge on any atom is -0.304 e. The number of nitrogens with zero attached hydrogens (tertiary/aromatic N) is 3. The molecule has 0 spiro atoms. The Labute approximate surface area is 179 Å². The highest BCUT2D eigenvalue weighted by Crippen LogP contribution is 2.34. The van der Waals surface area contributed by atoms with Crippen molar-refractivity contribution in [3.63, 3.8) is 0 Å². The van der Waals surface area contributed by atoms with Crippen LogP contribution in [0.5, 0.6) is 0 Å². The van der Waals surface area contributed by atoms with Crippen LogP contribution in [0.25, 0.3) is 10.9 Å². The van der Waals surface area contributed by atoms with Crippen LogP contribution in [-0.4, -0.2) is 65.9 Å². The molecule has 1 fully saturated rings. The molecule has 2 aromatic rings. The standard InChI is InChI=1S/C24H34N4O2/c1-3-4-5-10-22(29)25-28-20-9-7-6-8-19(20)23-21(28)12-11-18(24(23)30)17-27-15-13-26(2)14-16-27/h6-9,18H,3-5,10-17H2,1-2H3,(H,25,29). The van der Waals surface area contributed by atoms with Gasteiger partial charge in [0.25, 0.3) is 0 Å². The first-order valence-corrected chi connectivity index (χ1v) is 11.5. The van der Waals surface area contributed by atoms with Crippen LogP contribution in [-0.2, 0) is 11.2 Å². The van der Waals surface area contributed by atoms with Crippen molar-refractivity contribution in [3.8, 4) is 0 Å². The monoisotopic (exact) mass is 410 g/mol. The Kier molecular flexibility index (Phi) is 6.54. The second kappa shape index (κ2) is 9.31. The summed E-state index contributed by atoms with van der Waals surface area (Å²) < 4.78 is 1.89. The molecule has 0 radical (unpaired) electrons. The van der Waals surface area contributed by atoms with E-state index < -0.39 is 0 Å². The van der Waals surface area contributed by atoms with E-state index in [0.29, 0.717) is 6.42 Å². The Balaban J connectivity index is 1.56. The number of aromatic nitrogens is 1. The molecule has 2 heterocycles. The third kappa shape index (κ3) is 4.30. The molecule has 1 amide bonds. The van der Waals surface area contributed by atoms with Gasteiger partial charge in [-0.15, -0.1) is 0 Å². The van der Waals surface area contributed by atoms with E-state index >= 15 is 0 Å². The van der Waals surface area contributed by atoms with Crippen molar-refractivity contribution >= 4 is 22.6 Å². The Hall–Kier alpha value is -2.18. The normalized spacial score (nSPS) is 20.5. The number of likely N-dealkylation sites (N-methyl/N-ethyl adjacent to an activating group) is 1. The number of Topliss-reactive ketones (excluding diaryl/α,β-unsaturated/α-hetero) is 1. The van der Waals surface area contributed by atoms with Crippen molar-refractivity contribution in [1.82, 2.24) is 14.5 Å². The van der Waals surface area contributed by atoms with Crippen LogP contribution in [0.1, 0.15) is 55.1 Å². The lowest BCUT2D eigenvalue weighted by Gasteiger charge is -2.35. The van der Waals surface area contributed by atoms with Crippen LogP contribution < -0.4 is 5.43 Å². The van der Waals surface area contributed by atoms with Gasteiger partial charge in [-0.3, -0.25) is 19.7 Å². The number of nitrogens with one attached hydrogen (secondary N) is 1. The molecule has 1 N–H and O–H groups in total. The van der Waals surface area contributed by atoms with Crippen LogP contribution in [0.4, 0.5) is 0 Å². The van der Waals surface area contributed by atoms with E-state index in [9.17, 15) is 9.59 Å². The number of carbonyl (C=O) groups is 2. The van der Waals surface area contributed by atoms with E-state index in [1.165, 1.54) is 0 Å². The highest BCUT2D eigenvalue weighted by Gasteiger charge is 2.34. The van der Waals surface area contributed by atoms with Gasteiger partial charge in [0.05, 0.1) is 11.2 Å². The van der Waals surface area contributed by atoms with Crippen LogP contribution in [0.15, 0.2) is 24.3 Å². The van der Waals surface area contributed by atoms with Gasteiger partial charge < -0.3 is 9.80 Å². The van der Waals surface area contributed by atoms with Crippen LogP contribution in [0.2, 0.25) is 0 Å². The van der Waals surface area contributed by atoms with Gasteiger partial charge in [-0.05, 0) is 32.4 Å². The number of piperazine rings is 1. The van der Waals surface area contributed by atoms with Crippen molar-refractivity contribution in [2.75, 3.05) is 45.2 Å². The van der Waals surface area contributed by atoms with Crippen molar-refractivity contribution < 1.29 is 9.59 Å². The lowest BCUT2D eigenvalue weighted by atomic mass is 9.84. The highest BCUT2D eigenvalue weighted by molar-refractivity contribution is 6.11. The molecule has 30 heavy (non-hydrogen) atoms. The second-order valence-corrected chi connectivity index (χ2v) is 8.87. The zero-order chi connectivity index (χ0) is 21.1. The number of fused-ring (bicyclic) bond motifs is 3. The van der Waals surface area contributed by atoms with Gasteiger partial charge in [0.2, 0.25) is 5.91 Å². The van der Waals surface area contributed by atoms with Gasteiger partial charge in [0.15, 0.2) is 5.78 Å². The molecule has 1 saturated heterocycles. The number of hydrogen-bond donors (Lipinski definition) is 1. The molecule has 162 valence electrons. The van der Waals surface area contributed by atoms with Gasteiger partial charge in [-0.2, -0.15) is 0 Å². The molecule has 0 bridgehead atoms. The fraction of sp³-hybridized carbons (Fsp3) is 0.583. The fourth-order valence-corrected chi connectivity index (χ4v) is 4.81. The predicted molar refractivity (Wildman–Crippen MR) is 121 cm³/mol. The van der Waals surface area contributed by atoms with Gasteiger partial charge in [0, 0.05) is 56.0 Å². The summed E-state index contributed by atoms with van der Waals surface area (Å²) in [5.74, 6) is 0.310. The van der Waals surface area contributed by atoms with E-state index in [2.05, 4.69) is 29.2 Å². The average molecular weight is 411 g/mol. The largest absolute Gasteiger partial charge is 0.304 e. The van der Waals surface area contributed by atoms with Crippen molar-refractivity contribution in [2.45, 2.75) is 45.4 Å². The summed E-state index contributed by atoms with van der Waals surface area (Å²) in [7, 11) is 2.15. The third-order valence-corrected chi connectivity index (χ3v) is 6.64. The number of benzene rings is 1. The van der Waals surface area contributed by atoms with Crippen LogP contribution in [0.3, 0.4) is 0 Å². The summed E-state index contributed by atoms with van der Waals surface area (Å²) in [5, 5.41) is 0.967. The van der Waals surface area contributed by atoms with Crippen LogP contribution in [0, 0.1) is 5.92 Å². The molecule has 6 heteroatoms. The molecule has 0 saturated carbocycles. The zero-order valence-electron chi connectivity index (χ0n) is 18.3. The Morgan fingerprint density at radius 3 is 2.67 bits per heavy atom. The maximum atomic E-state index is 13.5. The molecular weight excluding hydrogens is 376 g/mol. The fourth-order valence-electron chi connectivity index (χ4n) is 4.81. The Morgan fingerprint density at radius 1 is 1.13 bits per heavy atom. The predicted octanol–water partition coefficient (Wildman–Crippen LogP) is 3.28. The van der Waals surface area contributed by atoms with E-state index in [1.807, 2.05) is 28.9 Å². The molecule has 1 aliphatic heterocycles. The summed E-state index contributed by atoms with van der Waals surface area (Å²) in [5.41, 5.74) is 5.81. The van der Waals surface area contributed by atoms with Gasteiger partial charge >= 0.3 is 0 Å². The number of amides is 1. The second-order valence-electron chi connectivity index (χ2n) is 8.87. The minimum absolute atomic E-state index is 0.0269. The van der Waals surface area contributed by atoms with E-state index in [-0.39, 0.29) is 17.6 Å². The number of unbranched alkanes of at least 4 members (excludes halogenated alkanes) is 2. The first-order chi connectivity index (χ1) is 14.6. The molecule has 6 nitrogen and oxygen atoms in total. The van der Waals surface area contributed by atoms with E-state index in [1.54, 1.807) is 0 Å². The lowest BCUT2D eigenvalue weighted by molar-refractivity contribution is -0.117. The molecule has 2 aliphatic rings. The number of para-hydroxylation sites is 1. The number of rotatable bonds is 7. The first-order valence-electron chi connectivity index (χ1n) is 11.5. The smallest absolute Gasteiger partial charge is 0.238 e. The van der Waals surface area contributed by atoms with Crippen molar-refractivity contribution in [1.29, 1.82) is 0 Å². The first kappa shape index (κ1) is 21.1. The minimum atomic E-state index is 0.0269. The van der Waals surface area contributed by atoms with Gasteiger partial charge in [-0.25, -0.2) is 0 Å². The molecule has 4 rings (SSSR count). The summed E-state index contributed by atoms with van der Waals surface area (Å²) >= 11 is 0. The Morgan fingerprint density at radius 2 is 1.90 bits per heavy atom. The zero-order valence-corrected chi connectivity index (χ0v) is 18.3. The maximum absolute atomic E-state index is 13.5. The molecule has 1 atom stereocenters. The molecule has 1 unspecified atom stereocenters. The summed E-state index contributed by atoms with van der Waals surface area (Å²) in [4.78, 5) is 30.8. The maximum Gasteiger partial charge on any atom is 0.238 e. The topological polar surface area (TPSA) is 57.6 Å². The summed E-state index contributed by atoms with van der Waals surface area (Å²) in [6.07, 6.45) is 5.25. The number of carbonyl (C=O) groups excluding carboxylic acids is 2. The SMILES string of the molecule is CCCCCC(=O)Nn1c2c(c3ccccc31)C(=O)C(CN1CCN(C)CC1)CC2. The summed E-state index contributed by atoms with van der Waals surface area (Å²) in [6.45, 7) is 7.17. The van der Waals surface area contributed by atoms with Crippen LogP contribution >= 0.6 is 0 Å². The molecule has 1 aliphatic carbocycles. The number of ketones is 1.